The predicted molar refractivity (Wildman–Crippen MR) is 90.3 cm³/mol. The highest BCUT2D eigenvalue weighted by atomic mass is 16.5. The minimum atomic E-state index is -0.276. The molecule has 2 rings (SSSR count). The molecule has 0 bridgehead atoms. The maximum atomic E-state index is 10.2. The summed E-state index contributed by atoms with van der Waals surface area (Å²) in [6.07, 6.45) is 1.96. The molecular formula is C18H30N2O2. The second-order valence-electron chi connectivity index (χ2n) is 6.36. The highest BCUT2D eigenvalue weighted by Gasteiger charge is 2.16. The summed E-state index contributed by atoms with van der Waals surface area (Å²) in [5, 5.41) is 10.2. The first-order chi connectivity index (χ1) is 10.6. The molecule has 1 aromatic carbocycles. The Morgan fingerprint density at radius 1 is 1.27 bits per heavy atom. The van der Waals surface area contributed by atoms with Crippen LogP contribution in [-0.2, 0) is 11.2 Å². The molecule has 0 aromatic heterocycles. The van der Waals surface area contributed by atoms with Crippen LogP contribution in [0.25, 0.3) is 0 Å². The first-order valence-electron chi connectivity index (χ1n) is 8.36. The zero-order chi connectivity index (χ0) is 15.8. The lowest BCUT2D eigenvalue weighted by Crippen LogP contribution is -2.44. The molecule has 0 amide bonds. The van der Waals surface area contributed by atoms with E-state index in [1.807, 2.05) is 0 Å². The van der Waals surface area contributed by atoms with Crippen LogP contribution in [0.15, 0.2) is 24.3 Å². The number of aryl methyl sites for hydroxylation is 2. The Morgan fingerprint density at radius 3 is 2.73 bits per heavy atom. The number of nitrogens with zero attached hydrogens (tertiary/aromatic N) is 2. The van der Waals surface area contributed by atoms with E-state index in [1.54, 1.807) is 0 Å². The average molecular weight is 306 g/mol. The van der Waals surface area contributed by atoms with Crippen molar-refractivity contribution in [3.8, 4) is 0 Å². The Bertz CT molecular complexity index is 433. The van der Waals surface area contributed by atoms with Gasteiger partial charge in [0.15, 0.2) is 0 Å². The Morgan fingerprint density at radius 2 is 2.00 bits per heavy atom. The van der Waals surface area contributed by atoms with E-state index in [-0.39, 0.29) is 6.10 Å². The highest BCUT2D eigenvalue weighted by Crippen LogP contribution is 2.10. The molecule has 1 saturated heterocycles. The van der Waals surface area contributed by atoms with Crippen LogP contribution in [0.1, 0.15) is 17.5 Å². The smallest absolute Gasteiger partial charge is 0.0793 e. The first-order valence-corrected chi connectivity index (χ1v) is 8.36. The monoisotopic (exact) mass is 306 g/mol. The summed E-state index contributed by atoms with van der Waals surface area (Å²) in [4.78, 5) is 4.53. The number of hydrogen-bond acceptors (Lipinski definition) is 4. The van der Waals surface area contributed by atoms with Gasteiger partial charge < -0.3 is 14.7 Å². The number of rotatable bonds is 8. The van der Waals surface area contributed by atoms with Crippen molar-refractivity contribution >= 4 is 0 Å². The van der Waals surface area contributed by atoms with Gasteiger partial charge in [0.05, 0.1) is 19.3 Å². The van der Waals surface area contributed by atoms with Gasteiger partial charge in [0, 0.05) is 26.2 Å². The van der Waals surface area contributed by atoms with E-state index in [2.05, 4.69) is 48.0 Å². The molecule has 0 aliphatic carbocycles. The lowest BCUT2D eigenvalue weighted by atomic mass is 10.0. The topological polar surface area (TPSA) is 35.9 Å². The quantitative estimate of drug-likeness (QED) is 0.790. The third-order valence-corrected chi connectivity index (χ3v) is 4.34. The van der Waals surface area contributed by atoms with E-state index in [0.717, 1.165) is 58.8 Å². The summed E-state index contributed by atoms with van der Waals surface area (Å²) in [7, 11) is 2.10. The number of β-amino-alcohol motifs (C(OH)–C–C–N with tert-alkyl or cyclic N) is 1. The zero-order valence-corrected chi connectivity index (χ0v) is 14.0. The number of ether oxygens (including phenoxy) is 1. The van der Waals surface area contributed by atoms with Crippen molar-refractivity contribution in [3.05, 3.63) is 35.4 Å². The molecule has 4 heteroatoms. The van der Waals surface area contributed by atoms with Crippen LogP contribution >= 0.6 is 0 Å². The summed E-state index contributed by atoms with van der Waals surface area (Å²) in [6, 6.07) is 8.58. The molecular weight excluding hydrogens is 276 g/mol. The molecule has 1 N–H and O–H groups in total. The number of morpholine rings is 1. The van der Waals surface area contributed by atoms with E-state index in [9.17, 15) is 5.11 Å². The van der Waals surface area contributed by atoms with E-state index in [1.165, 1.54) is 11.1 Å². The Labute approximate surface area is 134 Å². The second-order valence-corrected chi connectivity index (χ2v) is 6.36. The molecule has 1 fully saturated rings. The van der Waals surface area contributed by atoms with Crippen LogP contribution in [0.3, 0.4) is 0 Å². The normalized spacial score (nSPS) is 17.8. The van der Waals surface area contributed by atoms with Crippen molar-refractivity contribution in [3.63, 3.8) is 0 Å². The molecule has 1 aliphatic rings. The fraction of sp³-hybridized carbons (Fsp3) is 0.667. The highest BCUT2D eigenvalue weighted by molar-refractivity contribution is 5.25. The standard InChI is InChI=1S/C18H30N2O2/c1-16-6-3-4-7-17(16)8-5-9-19(2)14-18(21)15-20-10-12-22-13-11-20/h3-4,6-7,18,21H,5,8-15H2,1-2H3. The fourth-order valence-electron chi connectivity index (χ4n) is 3.02. The van der Waals surface area contributed by atoms with Crippen molar-refractivity contribution in [1.29, 1.82) is 0 Å². The van der Waals surface area contributed by atoms with Gasteiger partial charge in [0.2, 0.25) is 0 Å². The number of likely N-dealkylation sites (N-methyl/N-ethyl adjacent to an activating group) is 1. The first kappa shape index (κ1) is 17.4. The average Bonchev–Trinajstić information content (AvgIpc) is 2.50. The molecule has 1 aromatic rings. The van der Waals surface area contributed by atoms with Crippen molar-refractivity contribution in [2.24, 2.45) is 0 Å². The predicted octanol–water partition coefficient (Wildman–Crippen LogP) is 1.55. The number of aliphatic hydroxyl groups is 1. The van der Waals surface area contributed by atoms with Crippen molar-refractivity contribution in [2.45, 2.75) is 25.9 Å². The lowest BCUT2D eigenvalue weighted by molar-refractivity contribution is 0.00867. The molecule has 22 heavy (non-hydrogen) atoms. The van der Waals surface area contributed by atoms with Gasteiger partial charge in [-0.25, -0.2) is 0 Å². The summed E-state index contributed by atoms with van der Waals surface area (Å²) >= 11 is 0. The van der Waals surface area contributed by atoms with E-state index >= 15 is 0 Å². The maximum absolute atomic E-state index is 10.2. The molecule has 1 heterocycles. The van der Waals surface area contributed by atoms with Crippen molar-refractivity contribution in [2.75, 3.05) is 53.0 Å². The van der Waals surface area contributed by atoms with Crippen LogP contribution in [0, 0.1) is 6.92 Å². The van der Waals surface area contributed by atoms with Crippen LogP contribution in [-0.4, -0.2) is 74.0 Å². The van der Waals surface area contributed by atoms with Crippen molar-refractivity contribution < 1.29 is 9.84 Å². The minimum absolute atomic E-state index is 0.276. The van der Waals surface area contributed by atoms with Crippen LogP contribution in [0.4, 0.5) is 0 Å². The van der Waals surface area contributed by atoms with Gasteiger partial charge in [0.1, 0.15) is 0 Å². The zero-order valence-electron chi connectivity index (χ0n) is 14.0. The number of hydrogen-bond donors (Lipinski definition) is 1. The molecule has 1 aliphatic heterocycles. The van der Waals surface area contributed by atoms with Crippen LogP contribution in [0.2, 0.25) is 0 Å². The van der Waals surface area contributed by atoms with Gasteiger partial charge in [-0.05, 0) is 44.5 Å². The van der Waals surface area contributed by atoms with Crippen molar-refractivity contribution in [1.82, 2.24) is 9.80 Å². The number of aliphatic hydroxyl groups excluding tert-OH is 1. The molecule has 124 valence electrons. The fourth-order valence-corrected chi connectivity index (χ4v) is 3.02. The minimum Gasteiger partial charge on any atom is -0.390 e. The lowest BCUT2D eigenvalue weighted by Gasteiger charge is -2.30. The van der Waals surface area contributed by atoms with Gasteiger partial charge in [0.25, 0.3) is 0 Å². The Hall–Kier alpha value is -0.940. The molecule has 1 atom stereocenters. The Kier molecular flexibility index (Phi) is 7.33. The van der Waals surface area contributed by atoms with Crippen LogP contribution < -0.4 is 0 Å². The van der Waals surface area contributed by atoms with E-state index < -0.39 is 0 Å². The molecule has 0 spiro atoms. The summed E-state index contributed by atoms with van der Waals surface area (Å²) in [5.41, 5.74) is 2.81. The summed E-state index contributed by atoms with van der Waals surface area (Å²) < 4.78 is 5.33. The largest absolute Gasteiger partial charge is 0.390 e. The van der Waals surface area contributed by atoms with Gasteiger partial charge in [-0.15, -0.1) is 0 Å². The second kappa shape index (κ2) is 9.26. The molecule has 0 saturated carbocycles. The van der Waals surface area contributed by atoms with Gasteiger partial charge in [-0.2, -0.15) is 0 Å². The maximum Gasteiger partial charge on any atom is 0.0793 e. The van der Waals surface area contributed by atoms with E-state index in [0.29, 0.717) is 0 Å². The van der Waals surface area contributed by atoms with E-state index in [4.69, 9.17) is 4.74 Å². The Balaban J connectivity index is 1.62. The summed E-state index contributed by atoms with van der Waals surface area (Å²) in [6.45, 7) is 8.15. The van der Waals surface area contributed by atoms with Crippen LogP contribution in [0.5, 0.6) is 0 Å². The summed E-state index contributed by atoms with van der Waals surface area (Å²) in [5.74, 6) is 0. The molecule has 0 radical (unpaired) electrons. The molecule has 1 unspecified atom stereocenters. The third kappa shape index (κ3) is 6.05. The molecule has 4 nitrogen and oxygen atoms in total. The van der Waals surface area contributed by atoms with Gasteiger partial charge in [-0.3, -0.25) is 4.90 Å². The third-order valence-electron chi connectivity index (χ3n) is 4.34. The van der Waals surface area contributed by atoms with Gasteiger partial charge in [-0.1, -0.05) is 24.3 Å². The van der Waals surface area contributed by atoms with Gasteiger partial charge >= 0.3 is 0 Å². The number of benzene rings is 1. The SMILES string of the molecule is Cc1ccccc1CCCN(C)CC(O)CN1CCOCC1.